The molecule has 1 fully saturated rings. The van der Waals surface area contributed by atoms with Crippen LogP contribution in [0.25, 0.3) is 11.1 Å². The van der Waals surface area contributed by atoms with E-state index in [-0.39, 0.29) is 28.9 Å². The van der Waals surface area contributed by atoms with E-state index in [1.54, 1.807) is 6.07 Å². The Hall–Kier alpha value is -2.01. The Bertz CT molecular complexity index is 845. The second-order valence-corrected chi connectivity index (χ2v) is 8.41. The molecule has 1 aliphatic heterocycles. The van der Waals surface area contributed by atoms with E-state index in [2.05, 4.69) is 13.8 Å². The van der Waals surface area contributed by atoms with Gasteiger partial charge in [0.15, 0.2) is 11.6 Å². The largest absolute Gasteiger partial charge is 0.490 e. The van der Waals surface area contributed by atoms with Gasteiger partial charge in [0, 0.05) is 17.0 Å². The van der Waals surface area contributed by atoms with Crippen molar-refractivity contribution in [3.05, 3.63) is 53.3 Å². The average Bonchev–Trinajstić information content (AvgIpc) is 2.78. The number of unbranched alkanes of at least 4 members (excludes halogenated alkanes) is 3. The van der Waals surface area contributed by atoms with Crippen LogP contribution in [0, 0.1) is 17.5 Å². The van der Waals surface area contributed by atoms with Gasteiger partial charge in [-0.2, -0.15) is 4.39 Å². The highest BCUT2D eigenvalue weighted by molar-refractivity contribution is 5.66. The third-order valence-corrected chi connectivity index (χ3v) is 6.04. The van der Waals surface area contributed by atoms with Crippen molar-refractivity contribution in [3.8, 4) is 16.9 Å². The van der Waals surface area contributed by atoms with Crippen LogP contribution < -0.4 is 4.74 Å². The summed E-state index contributed by atoms with van der Waals surface area (Å²) in [6.07, 6.45) is 8.27. The summed E-state index contributed by atoms with van der Waals surface area (Å²) in [4.78, 5) is 0. The number of rotatable bonds is 10. The molecular weight excluding hydrogens is 401 g/mol. The Balaban J connectivity index is 1.69. The van der Waals surface area contributed by atoms with Gasteiger partial charge in [-0.1, -0.05) is 51.7 Å². The number of benzene rings is 2. The van der Waals surface area contributed by atoms with Gasteiger partial charge in [0.05, 0.1) is 19.3 Å². The minimum atomic E-state index is -1.08. The predicted octanol–water partition coefficient (Wildman–Crippen LogP) is 7.79. The normalized spacial score (nSPS) is 18.9. The van der Waals surface area contributed by atoms with E-state index in [0.29, 0.717) is 13.2 Å². The molecule has 0 radical (unpaired) electrons. The molecule has 1 aliphatic rings. The Morgan fingerprint density at radius 2 is 1.71 bits per heavy atom. The van der Waals surface area contributed by atoms with E-state index >= 15 is 0 Å². The molecule has 0 saturated carbocycles. The van der Waals surface area contributed by atoms with E-state index in [0.717, 1.165) is 56.9 Å². The summed E-state index contributed by atoms with van der Waals surface area (Å²) in [7, 11) is 0. The molecule has 31 heavy (non-hydrogen) atoms. The number of ether oxygens (including phenoxy) is 2. The van der Waals surface area contributed by atoms with Crippen molar-refractivity contribution in [1.29, 1.82) is 0 Å². The fraction of sp³-hybridized carbons (Fsp3) is 0.538. The van der Waals surface area contributed by atoms with Gasteiger partial charge in [0.1, 0.15) is 5.82 Å². The fourth-order valence-corrected chi connectivity index (χ4v) is 4.18. The molecule has 1 saturated heterocycles. The maximum atomic E-state index is 14.9. The van der Waals surface area contributed by atoms with Gasteiger partial charge in [-0.15, -0.1) is 0 Å². The van der Waals surface area contributed by atoms with E-state index in [9.17, 15) is 13.2 Å². The van der Waals surface area contributed by atoms with Gasteiger partial charge in [-0.05, 0) is 49.4 Å². The lowest BCUT2D eigenvalue weighted by atomic mass is 9.89. The van der Waals surface area contributed by atoms with Crippen LogP contribution in [-0.4, -0.2) is 19.3 Å². The van der Waals surface area contributed by atoms with Crippen molar-refractivity contribution in [2.75, 3.05) is 13.2 Å². The lowest BCUT2D eigenvalue weighted by Gasteiger charge is -2.29. The number of hydrogen-bond acceptors (Lipinski definition) is 2. The molecule has 2 aromatic rings. The smallest absolute Gasteiger partial charge is 0.201 e. The molecule has 2 atom stereocenters. The minimum absolute atomic E-state index is 0.0511. The molecule has 5 heteroatoms. The van der Waals surface area contributed by atoms with Crippen molar-refractivity contribution in [2.24, 2.45) is 0 Å². The first-order valence-corrected chi connectivity index (χ1v) is 11.6. The fourth-order valence-electron chi connectivity index (χ4n) is 4.18. The minimum Gasteiger partial charge on any atom is -0.490 e. The first kappa shape index (κ1) is 23.6. The molecule has 0 spiro atoms. The molecule has 0 amide bonds. The monoisotopic (exact) mass is 434 g/mol. The molecular formula is C26H33F3O2. The third kappa shape index (κ3) is 6.03. The molecule has 170 valence electrons. The van der Waals surface area contributed by atoms with Crippen LogP contribution in [0.15, 0.2) is 30.3 Å². The molecule has 2 unspecified atom stereocenters. The predicted molar refractivity (Wildman–Crippen MR) is 118 cm³/mol. The summed E-state index contributed by atoms with van der Waals surface area (Å²) < 4.78 is 55.3. The van der Waals surface area contributed by atoms with Crippen molar-refractivity contribution in [2.45, 2.75) is 77.2 Å². The van der Waals surface area contributed by atoms with E-state index in [4.69, 9.17) is 9.47 Å². The summed E-state index contributed by atoms with van der Waals surface area (Å²) in [5.41, 5.74) is 0.794. The zero-order valence-corrected chi connectivity index (χ0v) is 18.6. The second-order valence-electron chi connectivity index (χ2n) is 8.41. The number of halogens is 3. The molecule has 2 nitrogen and oxygen atoms in total. The van der Waals surface area contributed by atoms with Crippen molar-refractivity contribution in [3.63, 3.8) is 0 Å². The molecule has 0 bridgehead atoms. The summed E-state index contributed by atoms with van der Waals surface area (Å²) in [6.45, 7) is 5.14. The van der Waals surface area contributed by atoms with Crippen LogP contribution in [-0.2, 0) is 4.74 Å². The van der Waals surface area contributed by atoms with Crippen LogP contribution in [0.2, 0.25) is 0 Å². The highest BCUT2D eigenvalue weighted by atomic mass is 19.2. The van der Waals surface area contributed by atoms with E-state index in [1.807, 2.05) is 0 Å². The molecule has 0 aliphatic carbocycles. The lowest BCUT2D eigenvalue weighted by molar-refractivity contribution is -0.00115. The Labute approximate surface area is 183 Å². The quantitative estimate of drug-likeness (QED) is 0.355. The first-order chi connectivity index (χ1) is 15.0. The molecule has 0 aromatic heterocycles. The Morgan fingerprint density at radius 3 is 2.39 bits per heavy atom. The summed E-state index contributed by atoms with van der Waals surface area (Å²) in [5.74, 6) is -2.71. The third-order valence-electron chi connectivity index (χ3n) is 6.04. The van der Waals surface area contributed by atoms with Crippen molar-refractivity contribution < 1.29 is 22.6 Å². The molecule has 3 rings (SSSR count). The summed E-state index contributed by atoms with van der Waals surface area (Å²) in [5, 5.41) is 0. The maximum absolute atomic E-state index is 14.9. The standard InChI is InChI=1S/C26H33F3O2/c1-3-5-6-7-15-30-24-14-13-22(25(28)26(24)29)21-12-10-18(16-23(21)27)19-9-11-20(8-4-2)31-17-19/h10,12-14,16,19-20H,3-9,11,15,17H2,1-2H3. The van der Waals surface area contributed by atoms with E-state index < -0.39 is 17.5 Å². The van der Waals surface area contributed by atoms with Crippen LogP contribution in [0.3, 0.4) is 0 Å². The van der Waals surface area contributed by atoms with Gasteiger partial charge < -0.3 is 9.47 Å². The van der Waals surface area contributed by atoms with Crippen molar-refractivity contribution in [1.82, 2.24) is 0 Å². The summed E-state index contributed by atoms with van der Waals surface area (Å²) >= 11 is 0. The van der Waals surface area contributed by atoms with Gasteiger partial charge in [0.25, 0.3) is 0 Å². The highest BCUT2D eigenvalue weighted by Gasteiger charge is 2.24. The van der Waals surface area contributed by atoms with Crippen molar-refractivity contribution >= 4 is 0 Å². The van der Waals surface area contributed by atoms with Crippen LogP contribution >= 0.6 is 0 Å². The van der Waals surface area contributed by atoms with Gasteiger partial charge >= 0.3 is 0 Å². The van der Waals surface area contributed by atoms with Crippen LogP contribution in [0.4, 0.5) is 13.2 Å². The first-order valence-electron chi connectivity index (χ1n) is 11.6. The number of hydrogen-bond donors (Lipinski definition) is 0. The van der Waals surface area contributed by atoms with Gasteiger partial charge in [-0.3, -0.25) is 0 Å². The zero-order chi connectivity index (χ0) is 22.2. The summed E-state index contributed by atoms with van der Waals surface area (Å²) in [6, 6.07) is 7.52. The zero-order valence-electron chi connectivity index (χ0n) is 18.6. The highest BCUT2D eigenvalue weighted by Crippen LogP contribution is 2.35. The topological polar surface area (TPSA) is 18.5 Å². The Kier molecular flexibility index (Phi) is 8.82. The van der Waals surface area contributed by atoms with Gasteiger partial charge in [-0.25, -0.2) is 8.78 Å². The Morgan fingerprint density at radius 1 is 0.903 bits per heavy atom. The molecule has 0 N–H and O–H groups in total. The molecule has 1 heterocycles. The van der Waals surface area contributed by atoms with Crippen LogP contribution in [0.1, 0.15) is 76.7 Å². The second kappa shape index (κ2) is 11.6. The SMILES string of the molecule is CCCCCCOc1ccc(-c2ccc(C3CCC(CCC)OC3)cc2F)c(F)c1F. The lowest BCUT2D eigenvalue weighted by Crippen LogP contribution is -2.24. The van der Waals surface area contributed by atoms with Crippen LogP contribution in [0.5, 0.6) is 5.75 Å². The maximum Gasteiger partial charge on any atom is 0.201 e. The average molecular weight is 435 g/mol. The molecule has 2 aromatic carbocycles. The van der Waals surface area contributed by atoms with Gasteiger partial charge in [0.2, 0.25) is 5.82 Å². The van der Waals surface area contributed by atoms with E-state index in [1.165, 1.54) is 24.3 Å².